The number of hydrogen-bond acceptors (Lipinski definition) is 3. The Morgan fingerprint density at radius 2 is 1.65 bits per heavy atom. The Kier molecular flexibility index (Phi) is 2.94. The highest BCUT2D eigenvalue weighted by Crippen LogP contribution is 2.39. The number of ether oxygens (including phenoxy) is 1. The zero-order valence-electron chi connectivity index (χ0n) is 9.00. The molecule has 0 spiro atoms. The molecule has 0 aliphatic rings. The van der Waals surface area contributed by atoms with Gasteiger partial charge in [0.1, 0.15) is 11.5 Å². The fourth-order valence-corrected chi connectivity index (χ4v) is 3.28. The van der Waals surface area contributed by atoms with Gasteiger partial charge in [-0.25, -0.2) is 0 Å². The second kappa shape index (κ2) is 4.73. The molecular formula is C14H10OS2. The van der Waals surface area contributed by atoms with E-state index < -0.39 is 0 Å². The normalized spacial score (nSPS) is 10.4. The first-order valence-electron chi connectivity index (χ1n) is 5.28. The van der Waals surface area contributed by atoms with E-state index in [0.717, 1.165) is 11.5 Å². The summed E-state index contributed by atoms with van der Waals surface area (Å²) in [6, 6.07) is 16.1. The van der Waals surface area contributed by atoms with Gasteiger partial charge in [0, 0.05) is 4.88 Å². The molecule has 0 fully saturated rings. The highest BCUT2D eigenvalue weighted by Gasteiger charge is 2.09. The second-order valence-electron chi connectivity index (χ2n) is 3.51. The third-order valence-corrected chi connectivity index (χ3v) is 4.29. The summed E-state index contributed by atoms with van der Waals surface area (Å²) in [5.41, 5.74) is 0. The molecular weight excluding hydrogens is 248 g/mol. The summed E-state index contributed by atoms with van der Waals surface area (Å²) in [7, 11) is 0. The van der Waals surface area contributed by atoms with Crippen LogP contribution in [0.2, 0.25) is 0 Å². The Balaban J connectivity index is 1.92. The molecule has 2 aromatic heterocycles. The van der Waals surface area contributed by atoms with Gasteiger partial charge in [-0.15, -0.1) is 22.7 Å². The van der Waals surface area contributed by atoms with E-state index in [-0.39, 0.29) is 0 Å². The molecule has 0 amide bonds. The number of hydrogen-bond donors (Lipinski definition) is 0. The number of benzene rings is 1. The minimum Gasteiger partial charge on any atom is -0.456 e. The van der Waals surface area contributed by atoms with Crippen molar-refractivity contribution in [3.63, 3.8) is 0 Å². The predicted molar refractivity (Wildman–Crippen MR) is 74.1 cm³/mol. The Morgan fingerprint density at radius 3 is 2.41 bits per heavy atom. The van der Waals surface area contributed by atoms with Crippen LogP contribution in [0.4, 0.5) is 0 Å². The molecule has 2 heterocycles. The first-order valence-corrected chi connectivity index (χ1v) is 7.04. The predicted octanol–water partition coefficient (Wildman–Crippen LogP) is 5.27. The fraction of sp³-hybridized carbons (Fsp3) is 0. The Bertz CT molecular complexity index is 582. The lowest BCUT2D eigenvalue weighted by molar-refractivity contribution is 0.486. The zero-order valence-corrected chi connectivity index (χ0v) is 10.6. The minimum absolute atomic E-state index is 0.878. The highest BCUT2D eigenvalue weighted by molar-refractivity contribution is 7.20. The lowest BCUT2D eigenvalue weighted by atomic mass is 10.3. The molecule has 84 valence electrons. The van der Waals surface area contributed by atoms with Crippen LogP contribution < -0.4 is 4.74 Å². The quantitative estimate of drug-likeness (QED) is 0.622. The molecule has 0 aliphatic heterocycles. The smallest absolute Gasteiger partial charge is 0.146 e. The van der Waals surface area contributed by atoms with Crippen LogP contribution in [0.1, 0.15) is 0 Å². The molecule has 0 unspecified atom stereocenters. The standard InChI is InChI=1S/C14H10OS2/c1-2-5-11(6-3-1)15-12-8-10-17-14(12)13-7-4-9-16-13/h1-10H. The molecule has 3 aromatic rings. The average molecular weight is 258 g/mol. The minimum atomic E-state index is 0.878. The summed E-state index contributed by atoms with van der Waals surface area (Å²) >= 11 is 3.45. The summed E-state index contributed by atoms with van der Waals surface area (Å²) in [6.45, 7) is 0. The van der Waals surface area contributed by atoms with Crippen LogP contribution >= 0.6 is 22.7 Å². The van der Waals surface area contributed by atoms with Gasteiger partial charge < -0.3 is 4.74 Å². The third kappa shape index (κ3) is 2.25. The van der Waals surface area contributed by atoms with Crippen molar-refractivity contribution in [2.75, 3.05) is 0 Å². The summed E-state index contributed by atoms with van der Waals surface area (Å²) in [5.74, 6) is 1.81. The molecule has 0 radical (unpaired) electrons. The molecule has 3 heteroatoms. The van der Waals surface area contributed by atoms with Crippen LogP contribution in [-0.4, -0.2) is 0 Å². The summed E-state index contributed by atoms with van der Waals surface area (Å²) < 4.78 is 5.89. The third-order valence-electron chi connectivity index (χ3n) is 2.35. The van der Waals surface area contributed by atoms with Crippen molar-refractivity contribution in [1.82, 2.24) is 0 Å². The van der Waals surface area contributed by atoms with Crippen LogP contribution in [-0.2, 0) is 0 Å². The molecule has 0 saturated carbocycles. The molecule has 0 N–H and O–H groups in total. The van der Waals surface area contributed by atoms with Gasteiger partial charge in [0.25, 0.3) is 0 Å². The van der Waals surface area contributed by atoms with E-state index >= 15 is 0 Å². The van der Waals surface area contributed by atoms with Crippen molar-refractivity contribution in [2.24, 2.45) is 0 Å². The topological polar surface area (TPSA) is 9.23 Å². The SMILES string of the molecule is c1ccc(Oc2ccsc2-c2cccs2)cc1. The summed E-state index contributed by atoms with van der Waals surface area (Å²) in [5, 5.41) is 4.15. The van der Waals surface area contributed by atoms with E-state index in [2.05, 4.69) is 22.9 Å². The van der Waals surface area contributed by atoms with E-state index in [1.807, 2.05) is 36.4 Å². The van der Waals surface area contributed by atoms with Crippen molar-refractivity contribution < 1.29 is 4.74 Å². The summed E-state index contributed by atoms with van der Waals surface area (Å²) in [4.78, 5) is 2.45. The molecule has 0 atom stereocenters. The van der Waals surface area contributed by atoms with Gasteiger partial charge in [0.2, 0.25) is 0 Å². The molecule has 17 heavy (non-hydrogen) atoms. The van der Waals surface area contributed by atoms with Gasteiger partial charge in [-0.1, -0.05) is 24.3 Å². The molecule has 0 saturated heterocycles. The Hall–Kier alpha value is -1.58. The van der Waals surface area contributed by atoms with Crippen molar-refractivity contribution in [2.45, 2.75) is 0 Å². The number of para-hydroxylation sites is 1. The van der Waals surface area contributed by atoms with Crippen LogP contribution in [0.5, 0.6) is 11.5 Å². The van der Waals surface area contributed by atoms with Crippen LogP contribution in [0.3, 0.4) is 0 Å². The van der Waals surface area contributed by atoms with Gasteiger partial charge in [0.15, 0.2) is 0 Å². The van der Waals surface area contributed by atoms with Gasteiger partial charge in [-0.3, -0.25) is 0 Å². The van der Waals surface area contributed by atoms with E-state index in [0.29, 0.717) is 0 Å². The van der Waals surface area contributed by atoms with Crippen LogP contribution in [0.25, 0.3) is 9.75 Å². The molecule has 0 bridgehead atoms. The van der Waals surface area contributed by atoms with E-state index in [9.17, 15) is 0 Å². The molecule has 0 aliphatic carbocycles. The zero-order chi connectivity index (χ0) is 11.5. The summed E-state index contributed by atoms with van der Waals surface area (Å²) in [6.07, 6.45) is 0. The number of rotatable bonds is 3. The number of thiophene rings is 2. The van der Waals surface area contributed by atoms with E-state index in [1.165, 1.54) is 9.75 Å². The van der Waals surface area contributed by atoms with Gasteiger partial charge >= 0.3 is 0 Å². The second-order valence-corrected chi connectivity index (χ2v) is 5.37. The maximum Gasteiger partial charge on any atom is 0.146 e. The van der Waals surface area contributed by atoms with Gasteiger partial charge in [0.05, 0.1) is 4.88 Å². The van der Waals surface area contributed by atoms with E-state index in [4.69, 9.17) is 4.74 Å². The van der Waals surface area contributed by atoms with Crippen LogP contribution in [0.15, 0.2) is 59.3 Å². The first-order chi connectivity index (χ1) is 8.43. The monoisotopic (exact) mass is 258 g/mol. The van der Waals surface area contributed by atoms with Gasteiger partial charge in [-0.05, 0) is 35.0 Å². The lowest BCUT2D eigenvalue weighted by Crippen LogP contribution is -1.82. The average Bonchev–Trinajstić information content (AvgIpc) is 3.00. The molecule has 1 nitrogen and oxygen atoms in total. The van der Waals surface area contributed by atoms with Crippen molar-refractivity contribution in [1.29, 1.82) is 0 Å². The molecule has 3 rings (SSSR count). The van der Waals surface area contributed by atoms with Gasteiger partial charge in [-0.2, -0.15) is 0 Å². The first kappa shape index (κ1) is 10.6. The van der Waals surface area contributed by atoms with Crippen molar-refractivity contribution in [3.8, 4) is 21.3 Å². The maximum absolute atomic E-state index is 5.89. The van der Waals surface area contributed by atoms with Crippen LogP contribution in [0, 0.1) is 0 Å². The largest absolute Gasteiger partial charge is 0.456 e. The highest BCUT2D eigenvalue weighted by atomic mass is 32.1. The lowest BCUT2D eigenvalue weighted by Gasteiger charge is -2.05. The molecule has 1 aromatic carbocycles. The fourth-order valence-electron chi connectivity index (χ4n) is 1.58. The van der Waals surface area contributed by atoms with Crippen molar-refractivity contribution in [3.05, 3.63) is 59.3 Å². The maximum atomic E-state index is 5.89. The Labute approximate surface area is 108 Å². The van der Waals surface area contributed by atoms with E-state index in [1.54, 1.807) is 22.7 Å². The van der Waals surface area contributed by atoms with Crippen molar-refractivity contribution >= 4 is 22.7 Å². The Morgan fingerprint density at radius 1 is 0.765 bits per heavy atom.